The molecule has 1 amide bonds. The fraction of sp³-hybridized carbons (Fsp3) is 0.381. The zero-order chi connectivity index (χ0) is 20.3. The molecule has 2 aromatic carbocycles. The van der Waals surface area contributed by atoms with Crippen LogP contribution in [0.5, 0.6) is 5.75 Å². The van der Waals surface area contributed by atoms with E-state index in [4.69, 9.17) is 4.74 Å². The molecule has 0 spiro atoms. The summed E-state index contributed by atoms with van der Waals surface area (Å²) in [5.41, 5.74) is 2.60. The Morgan fingerprint density at radius 1 is 1.14 bits per heavy atom. The van der Waals surface area contributed by atoms with Crippen molar-refractivity contribution in [1.29, 1.82) is 0 Å². The number of anilines is 1. The van der Waals surface area contributed by atoms with E-state index in [9.17, 15) is 13.2 Å². The van der Waals surface area contributed by atoms with Crippen LogP contribution in [0.3, 0.4) is 0 Å². The van der Waals surface area contributed by atoms with Crippen molar-refractivity contribution >= 4 is 21.6 Å². The highest BCUT2D eigenvalue weighted by molar-refractivity contribution is 7.89. The maximum atomic E-state index is 13.1. The maximum Gasteiger partial charge on any atom is 0.243 e. The second kappa shape index (κ2) is 8.32. The normalized spacial score (nSPS) is 17.9. The third-order valence-electron chi connectivity index (χ3n) is 5.08. The molecule has 2 aromatic rings. The lowest BCUT2D eigenvalue weighted by atomic mass is 9.98. The van der Waals surface area contributed by atoms with Crippen molar-refractivity contribution in [1.82, 2.24) is 4.31 Å². The fourth-order valence-corrected chi connectivity index (χ4v) is 5.03. The van der Waals surface area contributed by atoms with Crippen LogP contribution in [-0.2, 0) is 14.8 Å². The van der Waals surface area contributed by atoms with Gasteiger partial charge in [0.15, 0.2) is 0 Å². The third-order valence-corrected chi connectivity index (χ3v) is 6.94. The molecular weight excluding hydrogens is 376 g/mol. The highest BCUT2D eigenvalue weighted by Crippen LogP contribution is 2.27. The Balaban J connectivity index is 1.73. The SMILES string of the molecule is COc1ccc(S(=O)(=O)N2CCC[C@@H](C(=O)Nc3ccc(C)cc3)C2)cc1C. The zero-order valence-corrected chi connectivity index (χ0v) is 17.3. The van der Waals surface area contributed by atoms with Crippen molar-refractivity contribution in [2.75, 3.05) is 25.5 Å². The van der Waals surface area contributed by atoms with E-state index < -0.39 is 10.0 Å². The molecule has 1 aliphatic rings. The van der Waals surface area contributed by atoms with E-state index in [-0.39, 0.29) is 23.3 Å². The second-order valence-electron chi connectivity index (χ2n) is 7.19. The average Bonchev–Trinajstić information content (AvgIpc) is 2.69. The molecule has 1 fully saturated rings. The van der Waals surface area contributed by atoms with Crippen molar-refractivity contribution in [3.05, 3.63) is 53.6 Å². The molecule has 1 saturated heterocycles. The number of carbonyl (C=O) groups is 1. The Bertz CT molecular complexity index is 955. The summed E-state index contributed by atoms with van der Waals surface area (Å²) in [7, 11) is -2.10. The number of piperidine rings is 1. The van der Waals surface area contributed by atoms with Gasteiger partial charge in [0.05, 0.1) is 17.9 Å². The van der Waals surface area contributed by atoms with Crippen molar-refractivity contribution in [3.8, 4) is 5.75 Å². The molecule has 1 heterocycles. The van der Waals surface area contributed by atoms with E-state index in [0.717, 1.165) is 16.8 Å². The predicted octanol–water partition coefficient (Wildman–Crippen LogP) is 3.35. The van der Waals surface area contributed by atoms with Gasteiger partial charge in [0.25, 0.3) is 0 Å². The molecule has 0 aliphatic carbocycles. The Morgan fingerprint density at radius 2 is 1.86 bits per heavy atom. The van der Waals surface area contributed by atoms with Crippen molar-refractivity contribution in [3.63, 3.8) is 0 Å². The molecular formula is C21H26N2O4S. The number of hydrogen-bond acceptors (Lipinski definition) is 4. The van der Waals surface area contributed by atoms with Crippen LogP contribution in [0.2, 0.25) is 0 Å². The number of hydrogen-bond donors (Lipinski definition) is 1. The summed E-state index contributed by atoms with van der Waals surface area (Å²) >= 11 is 0. The molecule has 0 unspecified atom stereocenters. The van der Waals surface area contributed by atoms with Gasteiger partial charge in [-0.1, -0.05) is 17.7 Å². The number of rotatable bonds is 5. The fourth-order valence-electron chi connectivity index (χ4n) is 3.42. The summed E-state index contributed by atoms with van der Waals surface area (Å²) < 4.78 is 32.7. The van der Waals surface area contributed by atoms with Crippen LogP contribution in [0.1, 0.15) is 24.0 Å². The number of carbonyl (C=O) groups excluding carboxylic acids is 1. The number of nitrogens with zero attached hydrogens (tertiary/aromatic N) is 1. The lowest BCUT2D eigenvalue weighted by Crippen LogP contribution is -2.43. The van der Waals surface area contributed by atoms with Gasteiger partial charge < -0.3 is 10.1 Å². The van der Waals surface area contributed by atoms with Crippen molar-refractivity contribution in [2.45, 2.75) is 31.6 Å². The lowest BCUT2D eigenvalue weighted by Gasteiger charge is -2.31. The molecule has 7 heteroatoms. The molecule has 1 atom stereocenters. The number of methoxy groups -OCH3 is 1. The van der Waals surface area contributed by atoms with Gasteiger partial charge in [0.2, 0.25) is 15.9 Å². The monoisotopic (exact) mass is 402 g/mol. The highest BCUT2D eigenvalue weighted by Gasteiger charge is 2.33. The molecule has 150 valence electrons. The first-order chi connectivity index (χ1) is 13.3. The number of nitrogens with one attached hydrogen (secondary N) is 1. The van der Waals surface area contributed by atoms with Crippen LogP contribution >= 0.6 is 0 Å². The van der Waals surface area contributed by atoms with Crippen LogP contribution < -0.4 is 10.1 Å². The van der Waals surface area contributed by atoms with Gasteiger partial charge in [-0.15, -0.1) is 0 Å². The highest BCUT2D eigenvalue weighted by atomic mass is 32.2. The summed E-state index contributed by atoms with van der Waals surface area (Å²) in [4.78, 5) is 12.9. The van der Waals surface area contributed by atoms with E-state index in [2.05, 4.69) is 5.32 Å². The van der Waals surface area contributed by atoms with Crippen LogP contribution in [0, 0.1) is 19.8 Å². The van der Waals surface area contributed by atoms with Crippen molar-refractivity contribution in [2.24, 2.45) is 5.92 Å². The Labute approximate surface area is 166 Å². The van der Waals surface area contributed by atoms with Crippen LogP contribution in [-0.4, -0.2) is 38.8 Å². The van der Waals surface area contributed by atoms with E-state index in [1.165, 1.54) is 4.31 Å². The minimum Gasteiger partial charge on any atom is -0.496 e. The van der Waals surface area contributed by atoms with Gasteiger partial charge in [-0.2, -0.15) is 4.31 Å². The first-order valence-electron chi connectivity index (χ1n) is 9.33. The minimum atomic E-state index is -3.66. The number of benzene rings is 2. The summed E-state index contributed by atoms with van der Waals surface area (Å²) in [5.74, 6) is 0.131. The minimum absolute atomic E-state index is 0.144. The van der Waals surface area contributed by atoms with Gasteiger partial charge in [0, 0.05) is 18.8 Å². The number of aryl methyl sites for hydroxylation is 2. The van der Waals surface area contributed by atoms with E-state index in [1.54, 1.807) is 25.3 Å². The number of sulfonamides is 1. The van der Waals surface area contributed by atoms with E-state index in [1.807, 2.05) is 38.1 Å². The van der Waals surface area contributed by atoms with Gasteiger partial charge >= 0.3 is 0 Å². The third kappa shape index (κ3) is 4.36. The molecule has 0 bridgehead atoms. The van der Waals surface area contributed by atoms with Crippen LogP contribution in [0.15, 0.2) is 47.4 Å². The maximum absolute atomic E-state index is 13.1. The second-order valence-corrected chi connectivity index (χ2v) is 9.13. The zero-order valence-electron chi connectivity index (χ0n) is 16.4. The van der Waals surface area contributed by atoms with E-state index >= 15 is 0 Å². The summed E-state index contributed by atoms with van der Waals surface area (Å²) in [6, 6.07) is 12.4. The Kier molecular flexibility index (Phi) is 6.05. The van der Waals surface area contributed by atoms with Crippen LogP contribution in [0.4, 0.5) is 5.69 Å². The number of amides is 1. The molecule has 1 aliphatic heterocycles. The summed E-state index contributed by atoms with van der Waals surface area (Å²) in [6.45, 7) is 4.40. The van der Waals surface area contributed by atoms with Crippen LogP contribution in [0.25, 0.3) is 0 Å². The summed E-state index contributed by atoms with van der Waals surface area (Å²) in [5, 5.41) is 2.90. The smallest absolute Gasteiger partial charge is 0.243 e. The number of ether oxygens (including phenoxy) is 1. The predicted molar refractivity (Wildman–Crippen MR) is 109 cm³/mol. The molecule has 3 rings (SSSR count). The molecule has 6 nitrogen and oxygen atoms in total. The Morgan fingerprint density at radius 3 is 2.50 bits per heavy atom. The van der Waals surface area contributed by atoms with Gasteiger partial charge in [0.1, 0.15) is 5.75 Å². The van der Waals surface area contributed by atoms with Crippen molar-refractivity contribution < 1.29 is 17.9 Å². The average molecular weight is 403 g/mol. The van der Waals surface area contributed by atoms with Gasteiger partial charge in [-0.25, -0.2) is 8.42 Å². The van der Waals surface area contributed by atoms with E-state index in [0.29, 0.717) is 25.1 Å². The molecule has 0 aromatic heterocycles. The summed E-state index contributed by atoms with van der Waals surface area (Å²) in [6.07, 6.45) is 1.33. The molecule has 28 heavy (non-hydrogen) atoms. The van der Waals surface area contributed by atoms with Gasteiger partial charge in [-0.05, 0) is 62.6 Å². The molecule has 1 N–H and O–H groups in total. The lowest BCUT2D eigenvalue weighted by molar-refractivity contribution is -0.120. The largest absolute Gasteiger partial charge is 0.496 e. The first kappa shape index (κ1) is 20.4. The Hall–Kier alpha value is -2.38. The molecule has 0 saturated carbocycles. The topological polar surface area (TPSA) is 75.7 Å². The standard InChI is InChI=1S/C21H26N2O4S/c1-15-6-8-18(9-7-15)22-21(24)17-5-4-12-23(14-17)28(25,26)19-10-11-20(27-3)16(2)13-19/h6-11,13,17H,4-5,12,14H2,1-3H3,(H,22,24)/t17-/m1/s1. The van der Waals surface area contributed by atoms with Gasteiger partial charge in [-0.3, -0.25) is 4.79 Å². The quantitative estimate of drug-likeness (QED) is 0.832. The molecule has 0 radical (unpaired) electrons. The first-order valence-corrected chi connectivity index (χ1v) is 10.8.